The van der Waals surface area contributed by atoms with E-state index in [0.29, 0.717) is 12.2 Å². The van der Waals surface area contributed by atoms with Gasteiger partial charge in [0.1, 0.15) is 12.4 Å². The summed E-state index contributed by atoms with van der Waals surface area (Å²) in [5.74, 6) is 0.698. The molecule has 3 rings (SSSR count). The van der Waals surface area contributed by atoms with Gasteiger partial charge in [0.05, 0.1) is 24.7 Å². The third-order valence-corrected chi connectivity index (χ3v) is 6.21. The molecule has 0 aliphatic carbocycles. The van der Waals surface area contributed by atoms with Crippen LogP contribution in [0.4, 0.5) is 4.79 Å². The molecule has 0 heterocycles. The number of carbonyl (C=O) groups excluding carboxylic acids is 1. The highest BCUT2D eigenvalue weighted by molar-refractivity contribution is 7.86. The van der Waals surface area contributed by atoms with Gasteiger partial charge in [0.2, 0.25) is 0 Å². The first-order valence-corrected chi connectivity index (χ1v) is 11.8. The van der Waals surface area contributed by atoms with Crippen molar-refractivity contribution < 1.29 is 26.9 Å². The molecule has 33 heavy (non-hydrogen) atoms. The van der Waals surface area contributed by atoms with Gasteiger partial charge < -0.3 is 14.8 Å². The SMILES string of the molecule is COc1ccc(C[C@H](COS(=O)(=O)c2ccc(C)cc2)NC(=O)OCc2ccccc2)cc1. The molecule has 1 amide bonds. The van der Waals surface area contributed by atoms with Gasteiger partial charge in [-0.1, -0.05) is 60.2 Å². The lowest BCUT2D eigenvalue weighted by Crippen LogP contribution is -2.40. The average molecular weight is 470 g/mol. The molecule has 0 aliphatic rings. The summed E-state index contributed by atoms with van der Waals surface area (Å²) in [4.78, 5) is 12.4. The molecule has 0 bridgehead atoms. The minimum absolute atomic E-state index is 0.0583. The van der Waals surface area contributed by atoms with Gasteiger partial charge in [0, 0.05) is 0 Å². The van der Waals surface area contributed by atoms with Crippen molar-refractivity contribution in [2.24, 2.45) is 0 Å². The summed E-state index contributed by atoms with van der Waals surface area (Å²) in [7, 11) is -2.40. The van der Waals surface area contributed by atoms with Crippen molar-refractivity contribution in [2.75, 3.05) is 13.7 Å². The summed E-state index contributed by atoms with van der Waals surface area (Å²) in [6.07, 6.45) is -0.317. The standard InChI is InChI=1S/C25H27NO6S/c1-19-8-14-24(15-9-19)33(28,29)32-18-22(16-20-10-12-23(30-2)13-11-20)26-25(27)31-17-21-6-4-3-5-7-21/h3-15,22H,16-18H2,1-2H3,(H,26,27)/t22-/m1/s1. The van der Waals surface area contributed by atoms with Crippen LogP contribution in [-0.4, -0.2) is 34.3 Å². The number of benzene rings is 3. The summed E-state index contributed by atoms with van der Waals surface area (Å²) in [6.45, 7) is 1.72. The predicted molar refractivity (Wildman–Crippen MR) is 125 cm³/mol. The highest BCUT2D eigenvalue weighted by Gasteiger charge is 2.21. The number of rotatable bonds is 10. The van der Waals surface area contributed by atoms with Crippen molar-refractivity contribution in [3.8, 4) is 5.75 Å². The third-order valence-electron chi connectivity index (χ3n) is 4.91. The molecular weight excluding hydrogens is 442 g/mol. The van der Waals surface area contributed by atoms with Crippen molar-refractivity contribution >= 4 is 16.2 Å². The van der Waals surface area contributed by atoms with Gasteiger partial charge in [-0.3, -0.25) is 4.18 Å². The Kier molecular flexibility index (Phi) is 8.46. The largest absolute Gasteiger partial charge is 0.497 e. The maximum Gasteiger partial charge on any atom is 0.407 e. The van der Waals surface area contributed by atoms with Crippen LogP contribution in [0.1, 0.15) is 16.7 Å². The fourth-order valence-corrected chi connectivity index (χ4v) is 4.02. The number of amides is 1. The molecule has 1 atom stereocenters. The second-order valence-electron chi connectivity index (χ2n) is 7.51. The number of ether oxygens (including phenoxy) is 2. The van der Waals surface area contributed by atoms with E-state index >= 15 is 0 Å². The Labute approximate surface area is 194 Å². The molecule has 0 unspecified atom stereocenters. The quantitative estimate of drug-likeness (QED) is 0.447. The Hall–Kier alpha value is -3.36. The Morgan fingerprint density at radius 1 is 0.909 bits per heavy atom. The van der Waals surface area contributed by atoms with Crippen LogP contribution in [0, 0.1) is 6.92 Å². The van der Waals surface area contributed by atoms with Gasteiger partial charge in [0.15, 0.2) is 0 Å². The molecule has 174 valence electrons. The Morgan fingerprint density at radius 3 is 2.21 bits per heavy atom. The molecule has 3 aromatic rings. The zero-order chi connectivity index (χ0) is 23.7. The minimum atomic E-state index is -3.98. The van der Waals surface area contributed by atoms with Crippen LogP contribution >= 0.6 is 0 Å². The van der Waals surface area contributed by atoms with Gasteiger partial charge in [-0.05, 0) is 48.7 Å². The van der Waals surface area contributed by atoms with Crippen molar-refractivity contribution in [1.29, 1.82) is 0 Å². The lowest BCUT2D eigenvalue weighted by molar-refractivity contribution is 0.131. The molecule has 1 N–H and O–H groups in total. The van der Waals surface area contributed by atoms with Crippen LogP contribution in [-0.2, 0) is 32.1 Å². The van der Waals surface area contributed by atoms with Crippen molar-refractivity contribution in [3.05, 3.63) is 95.6 Å². The van der Waals surface area contributed by atoms with Crippen LogP contribution < -0.4 is 10.1 Å². The summed E-state index contributed by atoms with van der Waals surface area (Å²) in [5, 5.41) is 2.72. The molecule has 0 aromatic heterocycles. The van der Waals surface area contributed by atoms with Gasteiger partial charge in [-0.2, -0.15) is 8.42 Å². The van der Waals surface area contributed by atoms with Gasteiger partial charge in [-0.15, -0.1) is 0 Å². The van der Waals surface area contributed by atoms with Gasteiger partial charge >= 0.3 is 6.09 Å². The molecule has 0 saturated carbocycles. The highest BCUT2D eigenvalue weighted by Crippen LogP contribution is 2.16. The molecule has 7 nitrogen and oxygen atoms in total. The summed E-state index contributed by atoms with van der Waals surface area (Å²) in [5.41, 5.74) is 2.66. The van der Waals surface area contributed by atoms with Crippen LogP contribution in [0.25, 0.3) is 0 Å². The van der Waals surface area contributed by atoms with E-state index in [-0.39, 0.29) is 18.1 Å². The topological polar surface area (TPSA) is 90.9 Å². The van der Waals surface area contributed by atoms with Crippen LogP contribution in [0.5, 0.6) is 5.75 Å². The van der Waals surface area contributed by atoms with E-state index in [0.717, 1.165) is 16.7 Å². The number of hydrogen-bond donors (Lipinski definition) is 1. The zero-order valence-electron chi connectivity index (χ0n) is 18.6. The monoisotopic (exact) mass is 469 g/mol. The molecular formula is C25H27NO6S. The third kappa shape index (κ3) is 7.62. The first-order chi connectivity index (χ1) is 15.9. The molecule has 0 fully saturated rings. The Bertz CT molecular complexity index is 1130. The number of hydrogen-bond acceptors (Lipinski definition) is 6. The van der Waals surface area contributed by atoms with E-state index < -0.39 is 22.3 Å². The Morgan fingerprint density at radius 2 is 1.58 bits per heavy atom. The second-order valence-corrected chi connectivity index (χ2v) is 9.12. The van der Waals surface area contributed by atoms with E-state index in [4.69, 9.17) is 13.7 Å². The first kappa shape index (κ1) is 24.3. The van der Waals surface area contributed by atoms with Crippen LogP contribution in [0.3, 0.4) is 0 Å². The molecule has 0 radical (unpaired) electrons. The first-order valence-electron chi connectivity index (χ1n) is 10.4. The zero-order valence-corrected chi connectivity index (χ0v) is 19.4. The number of alkyl carbamates (subject to hydrolysis) is 1. The van der Waals surface area contributed by atoms with Crippen LogP contribution in [0.2, 0.25) is 0 Å². The number of aryl methyl sites for hydroxylation is 1. The molecule has 8 heteroatoms. The fourth-order valence-electron chi connectivity index (χ4n) is 3.07. The second kappa shape index (κ2) is 11.5. The van der Waals surface area contributed by atoms with E-state index in [1.807, 2.05) is 49.4 Å². The normalized spacial score (nSPS) is 12.1. The molecule has 3 aromatic carbocycles. The molecule has 0 saturated heterocycles. The maximum atomic E-state index is 12.6. The van der Waals surface area contributed by atoms with E-state index in [1.165, 1.54) is 12.1 Å². The average Bonchev–Trinajstić information content (AvgIpc) is 2.83. The van der Waals surface area contributed by atoms with Crippen molar-refractivity contribution in [2.45, 2.75) is 30.9 Å². The smallest absolute Gasteiger partial charge is 0.407 e. The molecule has 0 aliphatic heterocycles. The Balaban J connectivity index is 1.67. The summed E-state index contributed by atoms with van der Waals surface area (Å²) < 4.78 is 40.9. The van der Waals surface area contributed by atoms with E-state index in [2.05, 4.69) is 5.32 Å². The maximum absolute atomic E-state index is 12.6. The van der Waals surface area contributed by atoms with Crippen molar-refractivity contribution in [1.82, 2.24) is 5.32 Å². The predicted octanol–water partition coefficient (Wildman–Crippen LogP) is 4.25. The minimum Gasteiger partial charge on any atom is -0.497 e. The van der Waals surface area contributed by atoms with Gasteiger partial charge in [0.25, 0.3) is 10.1 Å². The van der Waals surface area contributed by atoms with Gasteiger partial charge in [-0.25, -0.2) is 4.79 Å². The van der Waals surface area contributed by atoms with E-state index in [1.54, 1.807) is 31.4 Å². The van der Waals surface area contributed by atoms with Crippen LogP contribution in [0.15, 0.2) is 83.8 Å². The van der Waals surface area contributed by atoms with Crippen molar-refractivity contribution in [3.63, 3.8) is 0 Å². The number of carbonyl (C=O) groups is 1. The summed E-state index contributed by atoms with van der Waals surface area (Å²) >= 11 is 0. The fraction of sp³-hybridized carbons (Fsp3) is 0.240. The number of nitrogens with one attached hydrogen (secondary N) is 1. The van der Waals surface area contributed by atoms with E-state index in [9.17, 15) is 13.2 Å². The lowest BCUT2D eigenvalue weighted by Gasteiger charge is -2.19. The highest BCUT2D eigenvalue weighted by atomic mass is 32.2. The number of methoxy groups -OCH3 is 1. The lowest BCUT2D eigenvalue weighted by atomic mass is 10.1. The molecule has 0 spiro atoms. The summed E-state index contributed by atoms with van der Waals surface area (Å²) in [6, 6.07) is 22.3.